The summed E-state index contributed by atoms with van der Waals surface area (Å²) in [4.78, 5) is 28.2. The normalized spacial score (nSPS) is 21.6. The van der Waals surface area contributed by atoms with Crippen molar-refractivity contribution in [3.63, 3.8) is 0 Å². The van der Waals surface area contributed by atoms with Crippen LogP contribution in [0.1, 0.15) is 48.6 Å². The predicted molar refractivity (Wildman–Crippen MR) is 103 cm³/mol. The summed E-state index contributed by atoms with van der Waals surface area (Å²) >= 11 is 1.55. The van der Waals surface area contributed by atoms with Crippen molar-refractivity contribution in [2.24, 2.45) is 5.92 Å². The van der Waals surface area contributed by atoms with Gasteiger partial charge < -0.3 is 10.2 Å². The summed E-state index contributed by atoms with van der Waals surface area (Å²) in [5, 5.41) is 5.06. The molecule has 1 aliphatic carbocycles. The third kappa shape index (κ3) is 3.90. The maximum Gasteiger partial charge on any atom is 0.226 e. The van der Waals surface area contributed by atoms with Crippen LogP contribution in [0.15, 0.2) is 41.8 Å². The minimum atomic E-state index is -0.325. The Balaban J connectivity index is 1.49. The number of carbonyl (C=O) groups is 2. The highest BCUT2D eigenvalue weighted by Gasteiger charge is 2.39. The lowest BCUT2D eigenvalue weighted by Gasteiger charge is -2.24. The van der Waals surface area contributed by atoms with E-state index in [1.807, 2.05) is 22.4 Å². The number of rotatable bonds is 5. The zero-order valence-corrected chi connectivity index (χ0v) is 15.9. The van der Waals surface area contributed by atoms with Gasteiger partial charge in [-0.15, -0.1) is 11.3 Å². The Morgan fingerprint density at radius 1 is 1.19 bits per heavy atom. The molecule has 2 amide bonds. The van der Waals surface area contributed by atoms with Crippen LogP contribution >= 0.6 is 11.3 Å². The van der Waals surface area contributed by atoms with E-state index in [2.05, 4.69) is 5.32 Å². The van der Waals surface area contributed by atoms with Gasteiger partial charge in [0, 0.05) is 23.9 Å². The van der Waals surface area contributed by atoms with Crippen molar-refractivity contribution in [3.05, 3.63) is 58.0 Å². The van der Waals surface area contributed by atoms with Crippen LogP contribution in [-0.4, -0.2) is 29.3 Å². The van der Waals surface area contributed by atoms with Crippen LogP contribution < -0.4 is 5.32 Å². The van der Waals surface area contributed by atoms with E-state index in [0.29, 0.717) is 12.6 Å². The van der Waals surface area contributed by atoms with Crippen molar-refractivity contribution >= 4 is 23.2 Å². The average Bonchev–Trinajstić information content (AvgIpc) is 3.41. The molecule has 1 saturated carbocycles. The van der Waals surface area contributed by atoms with Crippen molar-refractivity contribution in [2.75, 3.05) is 6.54 Å². The topological polar surface area (TPSA) is 49.4 Å². The van der Waals surface area contributed by atoms with Crippen LogP contribution in [0.5, 0.6) is 0 Å². The Labute approximate surface area is 162 Å². The fourth-order valence-corrected chi connectivity index (χ4v) is 4.97. The van der Waals surface area contributed by atoms with Crippen molar-refractivity contribution in [3.8, 4) is 0 Å². The van der Waals surface area contributed by atoms with E-state index in [9.17, 15) is 14.0 Å². The number of benzene rings is 1. The summed E-state index contributed by atoms with van der Waals surface area (Å²) in [5.74, 6) is -0.632. The molecule has 2 aromatic rings. The van der Waals surface area contributed by atoms with Crippen molar-refractivity contribution in [1.29, 1.82) is 0 Å². The van der Waals surface area contributed by atoms with Gasteiger partial charge in [0.05, 0.1) is 12.0 Å². The third-order valence-corrected chi connectivity index (χ3v) is 6.55. The van der Waals surface area contributed by atoms with Crippen LogP contribution in [0.4, 0.5) is 4.39 Å². The molecule has 1 aliphatic heterocycles. The van der Waals surface area contributed by atoms with Gasteiger partial charge in [-0.05, 0) is 42.0 Å². The Kier molecular flexibility index (Phi) is 5.25. The number of likely N-dealkylation sites (tertiary alicyclic amines) is 1. The van der Waals surface area contributed by atoms with Gasteiger partial charge in [-0.2, -0.15) is 0 Å². The van der Waals surface area contributed by atoms with E-state index in [4.69, 9.17) is 0 Å². The first-order valence-electron chi connectivity index (χ1n) is 9.50. The maximum absolute atomic E-state index is 13.3. The summed E-state index contributed by atoms with van der Waals surface area (Å²) in [5.41, 5.74) is 0.837. The summed E-state index contributed by atoms with van der Waals surface area (Å²) in [6, 6.07) is 10.1. The molecule has 0 spiro atoms. The first-order valence-corrected chi connectivity index (χ1v) is 10.4. The van der Waals surface area contributed by atoms with E-state index >= 15 is 0 Å². The second-order valence-corrected chi connectivity index (χ2v) is 8.37. The molecule has 1 aromatic heterocycles. The van der Waals surface area contributed by atoms with Gasteiger partial charge >= 0.3 is 0 Å². The maximum atomic E-state index is 13.3. The zero-order chi connectivity index (χ0) is 18.8. The van der Waals surface area contributed by atoms with Crippen LogP contribution in [0.2, 0.25) is 0 Å². The number of nitrogens with one attached hydrogen (secondary N) is 1. The number of halogens is 1. The van der Waals surface area contributed by atoms with Crippen LogP contribution in [-0.2, 0) is 9.59 Å². The van der Waals surface area contributed by atoms with E-state index in [1.54, 1.807) is 23.5 Å². The second kappa shape index (κ2) is 7.80. The molecule has 2 heterocycles. The van der Waals surface area contributed by atoms with Crippen LogP contribution in [0.3, 0.4) is 0 Å². The number of nitrogens with zero attached hydrogens (tertiary/aromatic N) is 1. The van der Waals surface area contributed by atoms with Gasteiger partial charge in [0.15, 0.2) is 0 Å². The molecular weight excluding hydrogens is 363 g/mol. The summed E-state index contributed by atoms with van der Waals surface area (Å²) in [7, 11) is 0. The highest BCUT2D eigenvalue weighted by molar-refractivity contribution is 7.10. The van der Waals surface area contributed by atoms with Gasteiger partial charge in [0.2, 0.25) is 11.8 Å². The molecule has 6 heteroatoms. The number of hydrogen-bond donors (Lipinski definition) is 1. The van der Waals surface area contributed by atoms with Gasteiger partial charge in [-0.25, -0.2) is 4.39 Å². The number of amides is 2. The molecule has 1 aromatic carbocycles. The minimum Gasteiger partial charge on any atom is -0.344 e. The Morgan fingerprint density at radius 3 is 2.59 bits per heavy atom. The summed E-state index contributed by atoms with van der Waals surface area (Å²) in [6.07, 6.45) is 4.70. The Hall–Kier alpha value is -2.21. The quantitative estimate of drug-likeness (QED) is 0.848. The summed E-state index contributed by atoms with van der Waals surface area (Å²) in [6.45, 7) is 0.510. The average molecular weight is 386 g/mol. The molecule has 1 saturated heterocycles. The standard InChI is InChI=1S/C21H23FN2O2S/c22-16-9-7-14(8-10-16)20(18-6-3-11-27-18)23-21(26)15-12-19(25)24(13-15)17-4-1-2-5-17/h3,6-11,15,17,20H,1-2,4-5,12-13H2,(H,23,26). The highest BCUT2D eigenvalue weighted by Crippen LogP contribution is 2.31. The molecule has 1 N–H and O–H groups in total. The summed E-state index contributed by atoms with van der Waals surface area (Å²) < 4.78 is 13.3. The van der Waals surface area contributed by atoms with Crippen molar-refractivity contribution in [2.45, 2.75) is 44.2 Å². The first kappa shape index (κ1) is 18.2. The van der Waals surface area contributed by atoms with E-state index in [-0.39, 0.29) is 36.0 Å². The lowest BCUT2D eigenvalue weighted by atomic mass is 10.0. The van der Waals surface area contributed by atoms with E-state index < -0.39 is 0 Å². The highest BCUT2D eigenvalue weighted by atomic mass is 32.1. The molecule has 2 aliphatic rings. The number of carbonyl (C=O) groups excluding carboxylic acids is 2. The monoisotopic (exact) mass is 386 g/mol. The minimum absolute atomic E-state index is 0.0940. The van der Waals surface area contributed by atoms with Gasteiger partial charge in [0.25, 0.3) is 0 Å². The SMILES string of the molecule is O=C(NC(c1ccc(F)cc1)c1cccs1)C1CC(=O)N(C2CCCC2)C1. The fraction of sp³-hybridized carbons (Fsp3) is 0.429. The van der Waals surface area contributed by atoms with Gasteiger partial charge in [-0.3, -0.25) is 9.59 Å². The van der Waals surface area contributed by atoms with Crippen LogP contribution in [0, 0.1) is 11.7 Å². The number of hydrogen-bond acceptors (Lipinski definition) is 3. The molecule has 2 fully saturated rings. The second-order valence-electron chi connectivity index (χ2n) is 7.39. The lowest BCUT2D eigenvalue weighted by molar-refractivity contribution is -0.130. The predicted octanol–water partition coefficient (Wildman–Crippen LogP) is 3.88. The molecule has 0 bridgehead atoms. The first-order chi connectivity index (χ1) is 13.1. The molecule has 142 valence electrons. The van der Waals surface area contributed by atoms with Crippen molar-refractivity contribution in [1.82, 2.24) is 10.2 Å². The largest absolute Gasteiger partial charge is 0.344 e. The molecule has 2 atom stereocenters. The Morgan fingerprint density at radius 2 is 1.93 bits per heavy atom. The van der Waals surface area contributed by atoms with E-state index in [0.717, 1.165) is 36.1 Å². The fourth-order valence-electron chi connectivity index (χ4n) is 4.17. The van der Waals surface area contributed by atoms with Crippen LogP contribution in [0.25, 0.3) is 0 Å². The molecular formula is C21H23FN2O2S. The molecule has 27 heavy (non-hydrogen) atoms. The lowest BCUT2D eigenvalue weighted by Crippen LogP contribution is -2.38. The van der Waals surface area contributed by atoms with Crippen molar-refractivity contribution < 1.29 is 14.0 Å². The zero-order valence-electron chi connectivity index (χ0n) is 15.1. The van der Waals surface area contributed by atoms with Gasteiger partial charge in [0.1, 0.15) is 5.82 Å². The molecule has 4 rings (SSSR count). The molecule has 0 radical (unpaired) electrons. The molecule has 2 unspecified atom stereocenters. The van der Waals surface area contributed by atoms with E-state index in [1.165, 1.54) is 12.1 Å². The number of thiophene rings is 1. The Bertz CT molecular complexity index is 800. The van der Waals surface area contributed by atoms with Gasteiger partial charge in [-0.1, -0.05) is 31.0 Å². The smallest absolute Gasteiger partial charge is 0.226 e. The molecule has 4 nitrogen and oxygen atoms in total. The third-order valence-electron chi connectivity index (χ3n) is 5.61.